The molecule has 15 nitrogen and oxygen atoms in total. The number of rotatable bonds is 21. The number of likely N-dealkylation sites (tertiary alicyclic amines) is 1. The second-order valence-electron chi connectivity index (χ2n) is 12.7. The molecule has 1 saturated carbocycles. The second-order valence-corrected chi connectivity index (χ2v) is 14.5. The van der Waals surface area contributed by atoms with E-state index in [-0.39, 0.29) is 24.7 Å². The summed E-state index contributed by atoms with van der Waals surface area (Å²) in [6, 6.07) is 2.90. The lowest BCUT2D eigenvalue weighted by Gasteiger charge is -2.33. The molecule has 4 rings (SSSR count). The zero-order chi connectivity index (χ0) is 33.3. The van der Waals surface area contributed by atoms with Gasteiger partial charge in [0.2, 0.25) is 11.9 Å². The molecule has 0 bridgehead atoms. The molecule has 3 heterocycles. The molecule has 7 N–H and O–H groups in total. The average molecular weight is 678 g/mol. The fourth-order valence-corrected chi connectivity index (χ4v) is 6.48. The first kappa shape index (κ1) is 37.1. The second kappa shape index (κ2) is 20.0. The topological polar surface area (TPSA) is 194 Å². The molecular formula is C31H56N11O4P. The summed E-state index contributed by atoms with van der Waals surface area (Å²) >= 11 is 0. The van der Waals surface area contributed by atoms with E-state index in [4.69, 9.17) is 14.8 Å². The Hall–Kier alpha value is -2.68. The quantitative estimate of drug-likeness (QED) is 0.0751. The van der Waals surface area contributed by atoms with Crippen LogP contribution in [0.4, 0.5) is 11.8 Å². The molecule has 16 heteroatoms. The molecule has 2 aromatic heterocycles. The summed E-state index contributed by atoms with van der Waals surface area (Å²) in [5.74, 6) is 1.36. The van der Waals surface area contributed by atoms with E-state index in [0.717, 1.165) is 81.5 Å². The van der Waals surface area contributed by atoms with Crippen molar-refractivity contribution in [1.29, 1.82) is 0 Å². The van der Waals surface area contributed by atoms with Gasteiger partial charge in [0.05, 0.1) is 18.9 Å². The van der Waals surface area contributed by atoms with E-state index < -0.39 is 7.60 Å². The van der Waals surface area contributed by atoms with Gasteiger partial charge in [-0.2, -0.15) is 4.98 Å². The van der Waals surface area contributed by atoms with Crippen molar-refractivity contribution in [2.75, 3.05) is 62.6 Å². The van der Waals surface area contributed by atoms with Crippen LogP contribution in [0.15, 0.2) is 12.3 Å². The van der Waals surface area contributed by atoms with Gasteiger partial charge >= 0.3 is 7.60 Å². The summed E-state index contributed by atoms with van der Waals surface area (Å²) in [7, 11) is -4.02. The van der Waals surface area contributed by atoms with Gasteiger partial charge in [0, 0.05) is 63.0 Å². The molecule has 1 aliphatic heterocycles. The monoisotopic (exact) mass is 677 g/mol. The average Bonchev–Trinajstić information content (AvgIpc) is 3.52. The normalized spacial score (nSPS) is 16.4. The molecule has 1 saturated heterocycles. The Labute approximate surface area is 279 Å². The number of amides is 1. The van der Waals surface area contributed by atoms with Gasteiger partial charge in [0.25, 0.3) is 0 Å². The fraction of sp³-hybridized carbons (Fsp3) is 0.774. The third kappa shape index (κ3) is 14.5. The van der Waals surface area contributed by atoms with Crippen LogP contribution in [0.1, 0.15) is 82.5 Å². The Morgan fingerprint density at radius 1 is 0.936 bits per heavy atom. The van der Waals surface area contributed by atoms with Gasteiger partial charge in [-0.25, -0.2) is 4.98 Å². The summed E-state index contributed by atoms with van der Waals surface area (Å²) in [6.45, 7) is 8.34. The van der Waals surface area contributed by atoms with E-state index in [1.54, 1.807) is 0 Å². The molecule has 1 aliphatic carbocycles. The van der Waals surface area contributed by atoms with Crippen molar-refractivity contribution in [2.45, 2.75) is 103 Å². The lowest BCUT2D eigenvalue weighted by atomic mass is 9.95. The van der Waals surface area contributed by atoms with Crippen molar-refractivity contribution in [3.63, 3.8) is 0 Å². The predicted octanol–water partition coefficient (Wildman–Crippen LogP) is 2.10. The highest BCUT2D eigenvalue weighted by atomic mass is 31.2. The van der Waals surface area contributed by atoms with Gasteiger partial charge in [-0.15, -0.1) is 5.10 Å². The maximum absolute atomic E-state index is 12.6. The number of nitrogens with one attached hydrogen (secondary N) is 5. The fourth-order valence-electron chi connectivity index (χ4n) is 6.03. The van der Waals surface area contributed by atoms with Crippen molar-refractivity contribution < 1.29 is 19.1 Å². The summed E-state index contributed by atoms with van der Waals surface area (Å²) in [5, 5.41) is 25.6. The van der Waals surface area contributed by atoms with Crippen molar-refractivity contribution in [1.82, 2.24) is 45.8 Å². The Kier molecular flexibility index (Phi) is 15.8. The number of aryl methyl sites for hydroxylation is 2. The molecule has 264 valence electrons. The molecule has 47 heavy (non-hydrogen) atoms. The van der Waals surface area contributed by atoms with Crippen molar-refractivity contribution in [3.8, 4) is 0 Å². The summed E-state index contributed by atoms with van der Waals surface area (Å²) in [6.07, 6.45) is 13.4. The van der Waals surface area contributed by atoms with E-state index in [1.165, 1.54) is 32.1 Å². The highest BCUT2D eigenvalue weighted by molar-refractivity contribution is 7.51. The minimum atomic E-state index is -4.02. The first-order chi connectivity index (χ1) is 22.8. The number of aromatic nitrogens is 5. The van der Waals surface area contributed by atoms with Gasteiger partial charge in [0.15, 0.2) is 0 Å². The zero-order valence-electron chi connectivity index (χ0n) is 28.0. The standard InChI is InChI=1S/C31H56N11O4P/c1-2-25-22-29(36-27-11-19-41(20-12-27)30(43)10-16-33-17-21-47(44,45)46)38-31(37-25)35-23-28-24-42(40-39-28)18-7-14-32-13-6-15-34-26-8-4-3-5-9-26/h22,24,26-27,32-34H,2-21,23H2,1H3,(H2,44,45,46)(H2,35,36,37,38). The Morgan fingerprint density at radius 2 is 1.70 bits per heavy atom. The van der Waals surface area contributed by atoms with Gasteiger partial charge in [-0.1, -0.05) is 31.4 Å². The molecule has 1 amide bonds. The molecule has 2 aliphatic rings. The van der Waals surface area contributed by atoms with Crippen LogP contribution in [0.3, 0.4) is 0 Å². The van der Waals surface area contributed by atoms with Gasteiger partial charge < -0.3 is 41.3 Å². The molecule has 0 aromatic carbocycles. The van der Waals surface area contributed by atoms with Crippen LogP contribution < -0.4 is 26.6 Å². The first-order valence-electron chi connectivity index (χ1n) is 17.5. The summed E-state index contributed by atoms with van der Waals surface area (Å²) in [5.41, 5.74) is 1.77. The number of hydrogen-bond donors (Lipinski definition) is 7. The maximum atomic E-state index is 12.6. The van der Waals surface area contributed by atoms with Crippen molar-refractivity contribution in [2.24, 2.45) is 0 Å². The predicted molar refractivity (Wildman–Crippen MR) is 183 cm³/mol. The molecule has 0 unspecified atom stereocenters. The third-order valence-corrected chi connectivity index (χ3v) is 9.57. The van der Waals surface area contributed by atoms with E-state index in [1.807, 2.05) is 21.8 Å². The summed E-state index contributed by atoms with van der Waals surface area (Å²) < 4.78 is 12.8. The Balaban J connectivity index is 1.10. The lowest BCUT2D eigenvalue weighted by Crippen LogP contribution is -2.43. The Morgan fingerprint density at radius 3 is 2.47 bits per heavy atom. The molecule has 0 radical (unpaired) electrons. The van der Waals surface area contributed by atoms with E-state index in [9.17, 15) is 9.36 Å². The third-order valence-electron chi connectivity index (χ3n) is 8.76. The van der Waals surface area contributed by atoms with Crippen LogP contribution in [0.5, 0.6) is 0 Å². The minimum absolute atomic E-state index is 0.0514. The number of anilines is 2. The molecule has 0 spiro atoms. The highest BCUT2D eigenvalue weighted by Crippen LogP contribution is 2.32. The molecule has 0 atom stereocenters. The van der Waals surface area contributed by atoms with Crippen LogP contribution in [0.2, 0.25) is 0 Å². The minimum Gasteiger partial charge on any atom is -0.367 e. The van der Waals surface area contributed by atoms with Crippen LogP contribution in [0.25, 0.3) is 0 Å². The van der Waals surface area contributed by atoms with E-state index in [2.05, 4.69) is 48.8 Å². The summed E-state index contributed by atoms with van der Waals surface area (Å²) in [4.78, 5) is 41.6. The number of nitrogens with zero attached hydrogens (tertiary/aromatic N) is 6. The van der Waals surface area contributed by atoms with Gasteiger partial charge in [-0.05, 0) is 64.6 Å². The van der Waals surface area contributed by atoms with Crippen LogP contribution in [-0.2, 0) is 28.9 Å². The van der Waals surface area contributed by atoms with E-state index >= 15 is 0 Å². The number of piperidine rings is 1. The zero-order valence-corrected chi connectivity index (χ0v) is 28.9. The van der Waals surface area contributed by atoms with Crippen LogP contribution in [-0.4, -0.2) is 110 Å². The lowest BCUT2D eigenvalue weighted by molar-refractivity contribution is -0.132. The SMILES string of the molecule is CCc1cc(NC2CCN(C(=O)CCNCCP(=O)(O)O)CC2)nc(NCc2cn(CCCNCCCNC3CCCCC3)nn2)n1. The van der Waals surface area contributed by atoms with Crippen molar-refractivity contribution in [3.05, 3.63) is 23.7 Å². The maximum Gasteiger partial charge on any atom is 0.326 e. The van der Waals surface area contributed by atoms with Gasteiger partial charge in [-0.3, -0.25) is 14.0 Å². The van der Waals surface area contributed by atoms with Gasteiger partial charge in [0.1, 0.15) is 11.5 Å². The highest BCUT2D eigenvalue weighted by Gasteiger charge is 2.23. The van der Waals surface area contributed by atoms with Crippen LogP contribution >= 0.6 is 7.60 Å². The van der Waals surface area contributed by atoms with Crippen LogP contribution in [0, 0.1) is 0 Å². The first-order valence-corrected chi connectivity index (χ1v) is 19.3. The molecule has 2 aromatic rings. The van der Waals surface area contributed by atoms with Crippen molar-refractivity contribution >= 4 is 25.3 Å². The molecule has 2 fully saturated rings. The number of hydrogen-bond acceptors (Lipinski definition) is 11. The number of carbonyl (C=O) groups is 1. The molecular weight excluding hydrogens is 621 g/mol. The smallest absolute Gasteiger partial charge is 0.326 e. The number of carbonyl (C=O) groups excluding carboxylic acids is 1. The van der Waals surface area contributed by atoms with E-state index in [0.29, 0.717) is 38.5 Å². The Bertz CT molecular complexity index is 1250. The largest absolute Gasteiger partial charge is 0.367 e.